The largest absolute Gasteiger partial charge is 0.444 e. The molecule has 8 nitrogen and oxygen atoms in total. The maximum Gasteiger partial charge on any atom is 0.417 e. The predicted octanol–water partition coefficient (Wildman–Crippen LogP) is 5.03. The van der Waals surface area contributed by atoms with Crippen LogP contribution < -0.4 is 5.32 Å². The van der Waals surface area contributed by atoms with E-state index in [1.165, 1.54) is 4.90 Å². The first-order chi connectivity index (χ1) is 18.7. The second-order valence-corrected chi connectivity index (χ2v) is 13.2. The Morgan fingerprint density at radius 1 is 1.00 bits per heavy atom. The summed E-state index contributed by atoms with van der Waals surface area (Å²) in [5.41, 5.74) is 2.28. The van der Waals surface area contributed by atoms with Crippen molar-refractivity contribution < 1.29 is 29.0 Å². The summed E-state index contributed by atoms with van der Waals surface area (Å²) in [5.74, 6) is -0.399. The Morgan fingerprint density at radius 2 is 1.50 bits per heavy atom. The number of nitrogens with zero attached hydrogens (tertiary/aromatic N) is 1. The molecule has 214 valence electrons. The molecule has 0 unspecified atom stereocenters. The number of ether oxygens (including phenoxy) is 2. The van der Waals surface area contributed by atoms with Gasteiger partial charge in [0.15, 0.2) is 0 Å². The molecule has 2 N–H and O–H groups in total. The molecule has 1 saturated heterocycles. The van der Waals surface area contributed by atoms with Crippen LogP contribution in [0.4, 0.5) is 9.59 Å². The van der Waals surface area contributed by atoms with Crippen molar-refractivity contribution >= 4 is 18.1 Å². The van der Waals surface area contributed by atoms with E-state index in [2.05, 4.69) is 43.4 Å². The highest BCUT2D eigenvalue weighted by molar-refractivity contribution is 5.95. The summed E-state index contributed by atoms with van der Waals surface area (Å²) < 4.78 is 11.4. The highest BCUT2D eigenvalue weighted by Crippen LogP contribution is 2.62. The number of rotatable bonds is 6. The van der Waals surface area contributed by atoms with E-state index in [4.69, 9.17) is 9.47 Å². The quantitative estimate of drug-likeness (QED) is 0.525. The number of alkyl carbamates (subject to hydrolysis) is 1. The number of amides is 3. The molecule has 6 rings (SSSR count). The third-order valence-corrected chi connectivity index (χ3v) is 8.79. The standard InChI is InChI=1S/C32H40N2O6/c1-18(2)16-23(33-28(37)40-30(3,4)5)24(35)17-25(36)34-26-27(39-29(34)38)32(7)21-14-10-8-12-19(21)31(26,6)20-13-9-11-15-22(20)32/h8-15,18,23-24,26-27,35H,16-17H2,1-7H3,(H,33,37)/t23-,24-,26+,27-,31?,32?/m0/s1. The molecule has 2 aromatic carbocycles. The minimum atomic E-state index is -1.22. The van der Waals surface area contributed by atoms with Gasteiger partial charge in [-0.15, -0.1) is 0 Å². The first-order valence-corrected chi connectivity index (χ1v) is 14.1. The van der Waals surface area contributed by atoms with Crippen molar-refractivity contribution in [1.82, 2.24) is 10.2 Å². The van der Waals surface area contributed by atoms with Crippen LogP contribution in [0, 0.1) is 5.92 Å². The van der Waals surface area contributed by atoms with Crippen molar-refractivity contribution in [1.29, 1.82) is 0 Å². The second-order valence-electron chi connectivity index (χ2n) is 13.2. The first-order valence-electron chi connectivity index (χ1n) is 14.1. The molecule has 1 heterocycles. The number of carbonyl (C=O) groups is 3. The number of aliphatic hydroxyl groups excluding tert-OH is 1. The zero-order valence-electron chi connectivity index (χ0n) is 24.4. The molecule has 4 atom stereocenters. The summed E-state index contributed by atoms with van der Waals surface area (Å²) >= 11 is 0. The lowest BCUT2D eigenvalue weighted by molar-refractivity contribution is -0.133. The summed E-state index contributed by atoms with van der Waals surface area (Å²) in [6.45, 7) is 13.4. The molecule has 1 aliphatic heterocycles. The summed E-state index contributed by atoms with van der Waals surface area (Å²) in [7, 11) is 0. The Labute approximate surface area is 236 Å². The third kappa shape index (κ3) is 4.28. The van der Waals surface area contributed by atoms with Crippen LogP contribution in [0.3, 0.4) is 0 Å². The van der Waals surface area contributed by atoms with Crippen molar-refractivity contribution in [2.75, 3.05) is 0 Å². The molecule has 3 aliphatic carbocycles. The van der Waals surface area contributed by atoms with Crippen LogP contribution in [-0.4, -0.2) is 58.0 Å². The Bertz CT molecular complexity index is 1300. The molecule has 3 amide bonds. The van der Waals surface area contributed by atoms with Gasteiger partial charge in [0.1, 0.15) is 11.7 Å². The number of hydrogen-bond donors (Lipinski definition) is 2. The Kier molecular flexibility index (Phi) is 6.77. The van der Waals surface area contributed by atoms with Gasteiger partial charge in [0.25, 0.3) is 0 Å². The zero-order chi connectivity index (χ0) is 29.2. The van der Waals surface area contributed by atoms with Gasteiger partial charge in [0.05, 0.1) is 30.0 Å². The van der Waals surface area contributed by atoms with E-state index in [0.29, 0.717) is 6.42 Å². The van der Waals surface area contributed by atoms with Crippen LogP contribution in [0.2, 0.25) is 0 Å². The van der Waals surface area contributed by atoms with Gasteiger partial charge in [0.2, 0.25) is 5.91 Å². The average Bonchev–Trinajstić information content (AvgIpc) is 3.24. The fraction of sp³-hybridized carbons (Fsp3) is 0.531. The molecule has 0 aromatic heterocycles. The number of aliphatic hydroxyl groups is 1. The van der Waals surface area contributed by atoms with Gasteiger partial charge in [-0.3, -0.25) is 4.79 Å². The molecule has 0 spiro atoms. The lowest BCUT2D eigenvalue weighted by Gasteiger charge is -2.58. The van der Waals surface area contributed by atoms with Crippen LogP contribution in [0.5, 0.6) is 0 Å². The SMILES string of the molecule is CC(C)C[C@H](NC(=O)OC(C)(C)C)[C@@H](O)CC(=O)N1C(=O)O[C@H]2[C@@H]1C1(C)c3ccccc3C2(C)c2ccccc21. The van der Waals surface area contributed by atoms with Crippen molar-refractivity contribution in [3.63, 3.8) is 0 Å². The maximum absolute atomic E-state index is 13.9. The number of benzene rings is 2. The highest BCUT2D eigenvalue weighted by atomic mass is 16.6. The van der Waals surface area contributed by atoms with Crippen LogP contribution in [0.1, 0.15) is 83.6 Å². The van der Waals surface area contributed by atoms with E-state index in [1.54, 1.807) is 20.8 Å². The third-order valence-electron chi connectivity index (χ3n) is 8.79. The monoisotopic (exact) mass is 548 g/mol. The Hall–Kier alpha value is -3.39. The Morgan fingerprint density at radius 3 is 1.98 bits per heavy atom. The molecule has 0 saturated carbocycles. The van der Waals surface area contributed by atoms with Gasteiger partial charge < -0.3 is 19.9 Å². The molecule has 8 heteroatoms. The van der Waals surface area contributed by atoms with Gasteiger partial charge in [-0.05, 0) is 69.2 Å². The van der Waals surface area contributed by atoms with Gasteiger partial charge in [0, 0.05) is 5.41 Å². The van der Waals surface area contributed by atoms with E-state index in [0.717, 1.165) is 22.3 Å². The van der Waals surface area contributed by atoms with Crippen molar-refractivity contribution in [2.24, 2.45) is 5.92 Å². The van der Waals surface area contributed by atoms with Gasteiger partial charge in [-0.25, -0.2) is 14.5 Å². The highest BCUT2D eigenvalue weighted by Gasteiger charge is 2.69. The average molecular weight is 549 g/mol. The Balaban J connectivity index is 1.47. The minimum Gasteiger partial charge on any atom is -0.444 e. The summed E-state index contributed by atoms with van der Waals surface area (Å²) in [6, 6.07) is 15.0. The second kappa shape index (κ2) is 9.61. The summed E-state index contributed by atoms with van der Waals surface area (Å²) in [5, 5.41) is 13.9. The maximum atomic E-state index is 13.9. The molecule has 2 bridgehead atoms. The lowest BCUT2D eigenvalue weighted by atomic mass is 9.47. The first kappa shape index (κ1) is 28.1. The number of imide groups is 1. The molecule has 4 aliphatic rings. The number of nitrogens with one attached hydrogen (secondary N) is 1. The van der Waals surface area contributed by atoms with Crippen molar-refractivity contribution in [3.8, 4) is 0 Å². The smallest absolute Gasteiger partial charge is 0.417 e. The van der Waals surface area contributed by atoms with E-state index < -0.39 is 58.8 Å². The topological polar surface area (TPSA) is 105 Å². The van der Waals surface area contributed by atoms with Crippen LogP contribution in [0.25, 0.3) is 0 Å². The molecular formula is C32H40N2O6. The van der Waals surface area contributed by atoms with Crippen molar-refractivity contribution in [3.05, 3.63) is 70.8 Å². The van der Waals surface area contributed by atoms with Crippen LogP contribution >= 0.6 is 0 Å². The van der Waals surface area contributed by atoms with Gasteiger partial charge in [-0.1, -0.05) is 62.4 Å². The van der Waals surface area contributed by atoms with Gasteiger partial charge in [-0.2, -0.15) is 0 Å². The van der Waals surface area contributed by atoms with E-state index >= 15 is 0 Å². The van der Waals surface area contributed by atoms with Crippen LogP contribution in [-0.2, 0) is 25.1 Å². The van der Waals surface area contributed by atoms with Gasteiger partial charge >= 0.3 is 12.2 Å². The summed E-state index contributed by atoms with van der Waals surface area (Å²) in [4.78, 5) is 41.1. The van der Waals surface area contributed by atoms with E-state index in [1.807, 2.05) is 38.1 Å². The molecule has 1 fully saturated rings. The number of hydrogen-bond acceptors (Lipinski definition) is 6. The molecular weight excluding hydrogens is 508 g/mol. The fourth-order valence-electron chi connectivity index (χ4n) is 7.12. The molecule has 40 heavy (non-hydrogen) atoms. The normalized spacial score (nSPS) is 27.8. The van der Waals surface area contributed by atoms with Crippen LogP contribution in [0.15, 0.2) is 48.5 Å². The van der Waals surface area contributed by atoms with Crippen molar-refractivity contribution in [2.45, 2.75) is 102 Å². The van der Waals surface area contributed by atoms with E-state index in [9.17, 15) is 19.5 Å². The zero-order valence-corrected chi connectivity index (χ0v) is 24.4. The summed E-state index contributed by atoms with van der Waals surface area (Å²) in [6.07, 6.45) is -3.09. The number of carbonyl (C=O) groups excluding carboxylic acids is 3. The van der Waals surface area contributed by atoms with E-state index in [-0.39, 0.29) is 12.3 Å². The minimum absolute atomic E-state index is 0.131. The lowest BCUT2D eigenvalue weighted by Crippen LogP contribution is -2.66. The molecule has 0 radical (unpaired) electrons. The molecule has 2 aromatic rings. The predicted molar refractivity (Wildman–Crippen MR) is 150 cm³/mol. The fourth-order valence-corrected chi connectivity index (χ4v) is 7.12.